The first-order chi connectivity index (χ1) is 18.5. The van der Waals surface area contributed by atoms with Gasteiger partial charge in [-0.3, -0.25) is 9.36 Å². The van der Waals surface area contributed by atoms with Gasteiger partial charge in [0, 0.05) is 13.5 Å². The molecule has 2 aromatic carbocycles. The highest BCUT2D eigenvalue weighted by atomic mass is 19.1. The number of fused-ring (bicyclic) bond motifs is 1. The Morgan fingerprint density at radius 1 is 1.13 bits per heavy atom. The topological polar surface area (TPSA) is 128 Å². The van der Waals surface area contributed by atoms with Crippen molar-refractivity contribution in [2.75, 3.05) is 5.32 Å². The number of carbonyl (C=O) groups is 2. The van der Waals surface area contributed by atoms with Crippen molar-refractivity contribution >= 4 is 28.9 Å². The van der Waals surface area contributed by atoms with Crippen molar-refractivity contribution in [2.24, 2.45) is 0 Å². The fourth-order valence-corrected chi connectivity index (χ4v) is 5.14. The normalized spacial score (nSPS) is 24.5. The predicted octanol–water partition coefficient (Wildman–Crippen LogP) is 4.77. The van der Waals surface area contributed by atoms with E-state index in [9.17, 15) is 14.7 Å². The summed E-state index contributed by atoms with van der Waals surface area (Å²) >= 11 is 0. The third-order valence-electron chi connectivity index (χ3n) is 7.36. The summed E-state index contributed by atoms with van der Waals surface area (Å²) in [5.74, 6) is -1.37. The highest BCUT2D eigenvalue weighted by Crippen LogP contribution is 2.57. The highest BCUT2D eigenvalue weighted by molar-refractivity contribution is 5.89. The minimum Gasteiger partial charge on any atom is -0.478 e. The Morgan fingerprint density at radius 3 is 2.56 bits per heavy atom. The Balaban J connectivity index is 1.57. The number of ether oxygens (including phenoxy) is 2. The van der Waals surface area contributed by atoms with E-state index in [1.807, 2.05) is 30.3 Å². The number of benzene rings is 2. The van der Waals surface area contributed by atoms with E-state index in [1.165, 1.54) is 44.1 Å². The number of halogens is 1. The van der Waals surface area contributed by atoms with Crippen LogP contribution in [0.2, 0.25) is 0 Å². The van der Waals surface area contributed by atoms with Crippen molar-refractivity contribution in [1.29, 1.82) is 0 Å². The van der Waals surface area contributed by atoms with Crippen LogP contribution in [0.4, 0.5) is 10.2 Å². The Bertz CT molecular complexity index is 1560. The van der Waals surface area contributed by atoms with Gasteiger partial charge in [-0.2, -0.15) is 0 Å². The second-order valence-corrected chi connectivity index (χ2v) is 9.86. The number of hydrogen-bond acceptors (Lipinski definition) is 8. The molecule has 1 aliphatic rings. The van der Waals surface area contributed by atoms with Crippen molar-refractivity contribution in [3.05, 3.63) is 83.4 Å². The minimum absolute atomic E-state index is 0.0419. The lowest BCUT2D eigenvalue weighted by molar-refractivity contribution is -0.174. The van der Waals surface area contributed by atoms with Crippen LogP contribution in [0.5, 0.6) is 0 Å². The number of rotatable bonds is 7. The molecule has 2 N–H and O–H groups in total. The van der Waals surface area contributed by atoms with E-state index in [2.05, 4.69) is 20.3 Å². The second kappa shape index (κ2) is 9.73. The maximum Gasteiger partial charge on any atom is 0.335 e. The number of hydrogen-bond donors (Lipinski definition) is 2. The zero-order chi connectivity index (χ0) is 27.9. The number of carbonyl (C=O) groups excluding carboxylic acids is 1. The molecule has 1 fully saturated rings. The predicted molar refractivity (Wildman–Crippen MR) is 140 cm³/mol. The van der Waals surface area contributed by atoms with E-state index >= 15 is 4.39 Å². The number of aromatic nitrogens is 4. The zero-order valence-corrected chi connectivity index (χ0v) is 21.9. The molecule has 0 amide bonds. The van der Waals surface area contributed by atoms with Crippen LogP contribution in [-0.4, -0.2) is 47.8 Å². The van der Waals surface area contributed by atoms with Crippen molar-refractivity contribution in [3.8, 4) is 0 Å². The zero-order valence-electron chi connectivity index (χ0n) is 21.9. The van der Waals surface area contributed by atoms with Crippen molar-refractivity contribution in [1.82, 2.24) is 19.5 Å². The fraction of sp³-hybridized carbons (Fsp3) is 0.321. The van der Waals surface area contributed by atoms with Gasteiger partial charge in [0.05, 0.1) is 11.9 Å². The van der Waals surface area contributed by atoms with Gasteiger partial charge in [0.25, 0.3) is 0 Å². The van der Waals surface area contributed by atoms with Crippen molar-refractivity contribution < 1.29 is 28.6 Å². The van der Waals surface area contributed by atoms with Crippen LogP contribution >= 0.6 is 0 Å². The number of nitrogens with one attached hydrogen (secondary N) is 1. The molecule has 1 aliphatic heterocycles. The molecule has 0 unspecified atom stereocenters. The molecule has 202 valence electrons. The van der Waals surface area contributed by atoms with E-state index in [0.717, 1.165) is 5.56 Å². The maximum absolute atomic E-state index is 16.9. The van der Waals surface area contributed by atoms with Gasteiger partial charge in [-0.15, -0.1) is 0 Å². The third kappa shape index (κ3) is 4.38. The van der Waals surface area contributed by atoms with E-state index in [0.29, 0.717) is 34.7 Å². The molecular weight excluding hydrogens is 505 g/mol. The van der Waals surface area contributed by atoms with Gasteiger partial charge in [0.15, 0.2) is 34.5 Å². The average Bonchev–Trinajstić information content (AvgIpc) is 3.40. The monoisotopic (exact) mass is 533 g/mol. The Hall–Kier alpha value is -4.38. The number of carboxylic acids is 1. The van der Waals surface area contributed by atoms with Gasteiger partial charge in [-0.05, 0) is 43.5 Å². The number of aromatic carboxylic acids is 1. The number of imidazole rings is 1. The van der Waals surface area contributed by atoms with Crippen LogP contribution < -0.4 is 5.32 Å². The van der Waals surface area contributed by atoms with E-state index in [4.69, 9.17) is 9.47 Å². The molecule has 0 radical (unpaired) electrons. The first kappa shape index (κ1) is 26.2. The molecule has 4 aromatic rings. The largest absolute Gasteiger partial charge is 0.478 e. The Labute approximate surface area is 223 Å². The number of nitrogens with zero attached hydrogens (tertiary/aromatic N) is 4. The smallest absolute Gasteiger partial charge is 0.335 e. The van der Waals surface area contributed by atoms with Crippen LogP contribution in [0.1, 0.15) is 60.2 Å². The summed E-state index contributed by atoms with van der Waals surface area (Å²) in [6, 6.07) is 14.4. The Kier molecular flexibility index (Phi) is 6.55. The van der Waals surface area contributed by atoms with Gasteiger partial charge in [-0.25, -0.2) is 24.1 Å². The standard InChI is InChI=1S/C28H28FN5O5/c1-16-19(11-8-12-20(16)25(36)37)22-28(4,39-17(2)35)27(3,29)26(38-22)34-15-33-21-23(31-14-32-24(21)34)30-13-18-9-6-5-7-10-18/h5-12,14-15,22,26H,13H2,1-4H3,(H,36,37)(H,30,31,32)/t22-,26-,27+,28+/m1/s1. The fourth-order valence-electron chi connectivity index (χ4n) is 5.14. The van der Waals surface area contributed by atoms with Crippen molar-refractivity contribution in [3.63, 3.8) is 0 Å². The first-order valence-electron chi connectivity index (χ1n) is 12.4. The minimum atomic E-state index is -2.29. The third-order valence-corrected chi connectivity index (χ3v) is 7.36. The van der Waals surface area contributed by atoms with Gasteiger partial charge >= 0.3 is 11.9 Å². The number of anilines is 1. The summed E-state index contributed by atoms with van der Waals surface area (Å²) in [7, 11) is 0. The number of alkyl halides is 1. The summed E-state index contributed by atoms with van der Waals surface area (Å²) < 4.78 is 30.3. The molecule has 10 nitrogen and oxygen atoms in total. The molecule has 0 saturated carbocycles. The van der Waals surface area contributed by atoms with Crippen LogP contribution in [0.15, 0.2) is 61.2 Å². The molecule has 5 rings (SSSR count). The molecule has 0 bridgehead atoms. The Morgan fingerprint density at radius 2 is 1.87 bits per heavy atom. The van der Waals surface area contributed by atoms with Crippen LogP contribution in [0, 0.1) is 6.92 Å². The van der Waals surface area contributed by atoms with Crippen LogP contribution in [-0.2, 0) is 20.8 Å². The van der Waals surface area contributed by atoms with Crippen molar-refractivity contribution in [2.45, 2.75) is 57.8 Å². The molecular formula is C28H28FN5O5. The van der Waals surface area contributed by atoms with E-state index < -0.39 is 35.5 Å². The molecule has 0 spiro atoms. The lowest BCUT2D eigenvalue weighted by atomic mass is 9.80. The number of carboxylic acid groups (broad SMARTS) is 1. The molecule has 2 aromatic heterocycles. The summed E-state index contributed by atoms with van der Waals surface area (Å²) in [6.45, 7) is 6.04. The van der Waals surface area contributed by atoms with Gasteiger partial charge in [0.2, 0.25) is 0 Å². The molecule has 39 heavy (non-hydrogen) atoms. The SMILES string of the molecule is CC(=O)O[C@@]1(C)[C@@H](c2cccc(C(=O)O)c2C)O[C@@H](n2cnc3c(NCc4ccccc4)ncnc32)[C@]1(C)F. The average molecular weight is 534 g/mol. The molecule has 4 atom stereocenters. The number of esters is 1. The van der Waals surface area contributed by atoms with Gasteiger partial charge < -0.3 is 19.9 Å². The molecule has 1 saturated heterocycles. The molecule has 0 aliphatic carbocycles. The summed E-state index contributed by atoms with van der Waals surface area (Å²) in [4.78, 5) is 37.1. The lowest BCUT2D eigenvalue weighted by Gasteiger charge is -2.37. The lowest BCUT2D eigenvalue weighted by Crippen LogP contribution is -2.51. The first-order valence-corrected chi connectivity index (χ1v) is 12.4. The summed E-state index contributed by atoms with van der Waals surface area (Å²) in [5.41, 5.74) is -1.51. The highest BCUT2D eigenvalue weighted by Gasteiger charge is 2.67. The van der Waals surface area contributed by atoms with E-state index in [-0.39, 0.29) is 5.56 Å². The maximum atomic E-state index is 16.9. The molecule has 3 heterocycles. The van der Waals surface area contributed by atoms with Crippen LogP contribution in [0.25, 0.3) is 11.2 Å². The van der Waals surface area contributed by atoms with E-state index in [1.54, 1.807) is 19.1 Å². The summed E-state index contributed by atoms with van der Waals surface area (Å²) in [6.07, 6.45) is 0.311. The van der Waals surface area contributed by atoms with Gasteiger partial charge in [0.1, 0.15) is 12.4 Å². The van der Waals surface area contributed by atoms with Gasteiger partial charge in [-0.1, -0.05) is 42.5 Å². The summed E-state index contributed by atoms with van der Waals surface area (Å²) in [5, 5.41) is 12.9. The quantitative estimate of drug-likeness (QED) is 0.323. The second-order valence-electron chi connectivity index (χ2n) is 9.86. The van der Waals surface area contributed by atoms with Crippen LogP contribution in [0.3, 0.4) is 0 Å². The molecule has 11 heteroatoms.